The van der Waals surface area contributed by atoms with Crippen LogP contribution in [0.25, 0.3) is 0 Å². The van der Waals surface area contributed by atoms with Crippen LogP contribution in [0.4, 0.5) is 0 Å². The highest BCUT2D eigenvalue weighted by molar-refractivity contribution is 5.78. The molecule has 4 nitrogen and oxygen atoms in total. The maximum absolute atomic E-state index is 12.2. The second kappa shape index (κ2) is 7.25. The molecule has 2 N–H and O–H groups in total. The van der Waals surface area contributed by atoms with E-state index in [0.29, 0.717) is 12.1 Å². The number of piperidine rings is 2. The highest BCUT2D eigenvalue weighted by atomic mass is 16.1. The van der Waals surface area contributed by atoms with Gasteiger partial charge in [0, 0.05) is 24.5 Å². The number of carbonyl (C=O) groups excluding carboxylic acids is 1. The summed E-state index contributed by atoms with van der Waals surface area (Å²) in [5, 5.41) is 6.56. The monoisotopic (exact) mass is 267 g/mol. The van der Waals surface area contributed by atoms with E-state index in [1.165, 1.54) is 32.4 Å². The number of carbonyl (C=O) groups is 1. The van der Waals surface area contributed by atoms with Crippen LogP contribution in [0.5, 0.6) is 0 Å². The number of likely N-dealkylation sites (tertiary alicyclic amines) is 1. The van der Waals surface area contributed by atoms with Crippen molar-refractivity contribution < 1.29 is 4.79 Å². The van der Waals surface area contributed by atoms with E-state index >= 15 is 0 Å². The van der Waals surface area contributed by atoms with E-state index in [1.807, 2.05) is 0 Å². The SMILES string of the molecule is CC1CC(C(=O)NCC(C)N2CCCCC2)CCN1. The number of nitrogens with one attached hydrogen (secondary N) is 2. The van der Waals surface area contributed by atoms with Gasteiger partial charge in [0.1, 0.15) is 0 Å². The van der Waals surface area contributed by atoms with E-state index in [0.717, 1.165) is 25.9 Å². The first-order valence-electron chi connectivity index (χ1n) is 7.92. The molecule has 0 saturated carbocycles. The second-order valence-corrected chi connectivity index (χ2v) is 6.27. The third kappa shape index (κ3) is 4.46. The van der Waals surface area contributed by atoms with E-state index in [9.17, 15) is 4.79 Å². The first-order chi connectivity index (χ1) is 9.16. The lowest BCUT2D eigenvalue weighted by molar-refractivity contribution is -0.126. The highest BCUT2D eigenvalue weighted by Gasteiger charge is 2.25. The molecule has 0 aromatic carbocycles. The minimum atomic E-state index is 0.213. The van der Waals surface area contributed by atoms with Crippen LogP contribution in [-0.2, 0) is 4.79 Å². The fourth-order valence-electron chi connectivity index (χ4n) is 3.25. The molecule has 3 unspecified atom stereocenters. The zero-order valence-corrected chi connectivity index (χ0v) is 12.5. The van der Waals surface area contributed by atoms with Crippen molar-refractivity contribution in [1.29, 1.82) is 0 Å². The zero-order chi connectivity index (χ0) is 13.7. The molecule has 0 spiro atoms. The molecule has 0 bridgehead atoms. The Morgan fingerprint density at radius 3 is 2.79 bits per heavy atom. The topological polar surface area (TPSA) is 44.4 Å². The van der Waals surface area contributed by atoms with Crippen molar-refractivity contribution in [2.24, 2.45) is 5.92 Å². The maximum Gasteiger partial charge on any atom is 0.223 e. The summed E-state index contributed by atoms with van der Waals surface area (Å²) in [6, 6.07) is 0.951. The molecule has 2 saturated heterocycles. The van der Waals surface area contributed by atoms with Gasteiger partial charge in [0.2, 0.25) is 5.91 Å². The summed E-state index contributed by atoms with van der Waals surface area (Å²) in [5.74, 6) is 0.474. The minimum Gasteiger partial charge on any atom is -0.354 e. The molecule has 0 aliphatic carbocycles. The molecule has 1 amide bonds. The Morgan fingerprint density at radius 2 is 2.11 bits per heavy atom. The van der Waals surface area contributed by atoms with Gasteiger partial charge in [0.25, 0.3) is 0 Å². The van der Waals surface area contributed by atoms with E-state index in [2.05, 4.69) is 29.4 Å². The standard InChI is InChI=1S/C15H29N3O/c1-12-10-14(6-7-16-12)15(19)17-11-13(2)18-8-4-3-5-9-18/h12-14,16H,3-11H2,1-2H3,(H,17,19). The van der Waals surface area contributed by atoms with E-state index in [-0.39, 0.29) is 11.8 Å². The van der Waals surface area contributed by atoms with E-state index < -0.39 is 0 Å². The van der Waals surface area contributed by atoms with Crippen LogP contribution in [0.1, 0.15) is 46.0 Å². The molecule has 2 fully saturated rings. The van der Waals surface area contributed by atoms with Gasteiger partial charge in [0.15, 0.2) is 0 Å². The van der Waals surface area contributed by atoms with Crippen molar-refractivity contribution in [3.05, 3.63) is 0 Å². The number of nitrogens with zero attached hydrogens (tertiary/aromatic N) is 1. The van der Waals surface area contributed by atoms with Gasteiger partial charge in [-0.2, -0.15) is 0 Å². The average molecular weight is 267 g/mol. The summed E-state index contributed by atoms with van der Waals surface area (Å²) in [7, 11) is 0. The average Bonchev–Trinajstić information content (AvgIpc) is 2.45. The van der Waals surface area contributed by atoms with Crippen LogP contribution in [0.2, 0.25) is 0 Å². The molecule has 19 heavy (non-hydrogen) atoms. The van der Waals surface area contributed by atoms with Crippen LogP contribution >= 0.6 is 0 Å². The lowest BCUT2D eigenvalue weighted by Crippen LogP contribution is -2.47. The Balaban J connectivity index is 1.70. The van der Waals surface area contributed by atoms with Gasteiger partial charge in [-0.25, -0.2) is 0 Å². The molecule has 0 aromatic heterocycles. The van der Waals surface area contributed by atoms with Gasteiger partial charge in [-0.05, 0) is 59.2 Å². The van der Waals surface area contributed by atoms with Crippen molar-refractivity contribution in [2.75, 3.05) is 26.2 Å². The Bertz CT molecular complexity index is 289. The maximum atomic E-state index is 12.2. The van der Waals surface area contributed by atoms with Crippen molar-refractivity contribution in [2.45, 2.75) is 58.0 Å². The van der Waals surface area contributed by atoms with Crippen LogP contribution in [-0.4, -0.2) is 49.1 Å². The van der Waals surface area contributed by atoms with Crippen LogP contribution in [0.3, 0.4) is 0 Å². The molecule has 3 atom stereocenters. The summed E-state index contributed by atoms with van der Waals surface area (Å²) in [6.45, 7) is 8.56. The molecule has 2 rings (SSSR count). The molecule has 2 aliphatic heterocycles. The molecule has 2 heterocycles. The fourth-order valence-corrected chi connectivity index (χ4v) is 3.25. The van der Waals surface area contributed by atoms with Crippen molar-refractivity contribution in [1.82, 2.24) is 15.5 Å². The first kappa shape index (κ1) is 14.8. The number of rotatable bonds is 4. The van der Waals surface area contributed by atoms with Gasteiger partial charge in [-0.15, -0.1) is 0 Å². The largest absolute Gasteiger partial charge is 0.354 e. The van der Waals surface area contributed by atoms with Gasteiger partial charge in [0.05, 0.1) is 0 Å². The predicted octanol–water partition coefficient (Wildman–Crippen LogP) is 1.37. The van der Waals surface area contributed by atoms with Crippen molar-refractivity contribution >= 4 is 5.91 Å². The summed E-state index contributed by atoms with van der Waals surface area (Å²) in [6.07, 6.45) is 5.94. The lowest BCUT2D eigenvalue weighted by Gasteiger charge is -2.33. The van der Waals surface area contributed by atoms with E-state index in [4.69, 9.17) is 0 Å². The smallest absolute Gasteiger partial charge is 0.223 e. The number of amides is 1. The van der Waals surface area contributed by atoms with Gasteiger partial charge in [-0.1, -0.05) is 6.42 Å². The molecule has 110 valence electrons. The highest BCUT2D eigenvalue weighted by Crippen LogP contribution is 2.16. The first-order valence-corrected chi connectivity index (χ1v) is 7.92. The van der Waals surface area contributed by atoms with Crippen LogP contribution in [0.15, 0.2) is 0 Å². The molecule has 0 radical (unpaired) electrons. The quantitative estimate of drug-likeness (QED) is 0.808. The fraction of sp³-hybridized carbons (Fsp3) is 0.933. The lowest BCUT2D eigenvalue weighted by atomic mass is 9.92. The van der Waals surface area contributed by atoms with E-state index in [1.54, 1.807) is 0 Å². The van der Waals surface area contributed by atoms with Gasteiger partial charge < -0.3 is 10.6 Å². The molecular weight excluding hydrogens is 238 g/mol. The Hall–Kier alpha value is -0.610. The summed E-state index contributed by atoms with van der Waals surface area (Å²) >= 11 is 0. The molecular formula is C15H29N3O. The Kier molecular flexibility index (Phi) is 5.64. The molecule has 0 aromatic rings. The summed E-state index contributed by atoms with van der Waals surface area (Å²) in [5.41, 5.74) is 0. The summed E-state index contributed by atoms with van der Waals surface area (Å²) < 4.78 is 0. The summed E-state index contributed by atoms with van der Waals surface area (Å²) in [4.78, 5) is 14.7. The predicted molar refractivity (Wildman–Crippen MR) is 78.1 cm³/mol. The Morgan fingerprint density at radius 1 is 1.37 bits per heavy atom. The van der Waals surface area contributed by atoms with Gasteiger partial charge in [-0.3, -0.25) is 9.69 Å². The van der Waals surface area contributed by atoms with Crippen molar-refractivity contribution in [3.63, 3.8) is 0 Å². The van der Waals surface area contributed by atoms with Gasteiger partial charge >= 0.3 is 0 Å². The second-order valence-electron chi connectivity index (χ2n) is 6.27. The third-order valence-electron chi connectivity index (χ3n) is 4.58. The zero-order valence-electron chi connectivity index (χ0n) is 12.5. The molecule has 2 aliphatic rings. The minimum absolute atomic E-state index is 0.213. The number of hydrogen-bond donors (Lipinski definition) is 2. The normalized spacial score (nSPS) is 30.8. The van der Waals surface area contributed by atoms with Crippen LogP contribution < -0.4 is 10.6 Å². The molecule has 4 heteroatoms. The Labute approximate surface area is 117 Å². The third-order valence-corrected chi connectivity index (χ3v) is 4.58. The number of hydrogen-bond acceptors (Lipinski definition) is 3. The van der Waals surface area contributed by atoms with Crippen LogP contribution in [0, 0.1) is 5.92 Å². The van der Waals surface area contributed by atoms with Crippen molar-refractivity contribution in [3.8, 4) is 0 Å².